The molecule has 1 unspecified atom stereocenters. The molecule has 0 aliphatic carbocycles. The zero-order valence-corrected chi connectivity index (χ0v) is 19.1. The molecule has 3 aromatic rings. The molecule has 174 valence electrons. The maximum absolute atomic E-state index is 12.7. The van der Waals surface area contributed by atoms with E-state index in [2.05, 4.69) is 10.6 Å². The van der Waals surface area contributed by atoms with Crippen LogP contribution in [0, 0.1) is 0 Å². The quantitative estimate of drug-likeness (QED) is 0.428. The molecule has 0 spiro atoms. The molecule has 0 fully saturated rings. The van der Waals surface area contributed by atoms with Crippen molar-refractivity contribution in [3.05, 3.63) is 77.9 Å². The van der Waals surface area contributed by atoms with Gasteiger partial charge in [-0.25, -0.2) is 4.79 Å². The summed E-state index contributed by atoms with van der Waals surface area (Å²) in [4.78, 5) is 37.5. The van der Waals surface area contributed by atoms with E-state index in [0.717, 1.165) is 4.90 Å². The van der Waals surface area contributed by atoms with Gasteiger partial charge in [-0.15, -0.1) is 11.8 Å². The van der Waals surface area contributed by atoms with Crippen LogP contribution in [0.25, 0.3) is 0 Å². The number of rotatable bonds is 7. The number of carbonyl (C=O) groups is 3. The first-order valence-electron chi connectivity index (χ1n) is 10.5. The van der Waals surface area contributed by atoms with E-state index in [-0.39, 0.29) is 17.0 Å². The van der Waals surface area contributed by atoms with Crippen molar-refractivity contribution >= 4 is 40.9 Å². The molecule has 0 radical (unpaired) electrons. The molecule has 3 aromatic carbocycles. The number of hydrogen-bond donors (Lipinski definition) is 3. The van der Waals surface area contributed by atoms with Gasteiger partial charge in [-0.2, -0.15) is 0 Å². The van der Waals surface area contributed by atoms with Gasteiger partial charge in [0.05, 0.1) is 16.4 Å². The number of nitrogens with one attached hydrogen (secondary N) is 2. The number of aromatic carboxylic acids is 1. The summed E-state index contributed by atoms with van der Waals surface area (Å²) in [6.45, 7) is 2.75. The van der Waals surface area contributed by atoms with Crippen LogP contribution < -0.4 is 20.1 Å². The first-order valence-corrected chi connectivity index (χ1v) is 11.4. The summed E-state index contributed by atoms with van der Waals surface area (Å²) in [5, 5.41) is 14.5. The van der Waals surface area contributed by atoms with E-state index in [1.54, 1.807) is 55.5 Å². The Morgan fingerprint density at radius 3 is 2.32 bits per heavy atom. The fraction of sp³-hybridized carbons (Fsp3) is 0.160. The number of carbonyl (C=O) groups excluding carboxylic acids is 2. The van der Waals surface area contributed by atoms with Crippen LogP contribution in [0.4, 0.5) is 11.4 Å². The molecule has 4 rings (SSSR count). The number of carboxylic acid groups (broad SMARTS) is 1. The van der Waals surface area contributed by atoms with Crippen LogP contribution in [-0.4, -0.2) is 41.4 Å². The number of amides is 2. The van der Waals surface area contributed by atoms with Crippen molar-refractivity contribution in [3.8, 4) is 11.5 Å². The Balaban J connectivity index is 1.39. The molecule has 1 aliphatic heterocycles. The van der Waals surface area contributed by atoms with Crippen LogP contribution in [0.1, 0.15) is 27.6 Å². The average molecular weight is 479 g/mol. The van der Waals surface area contributed by atoms with Gasteiger partial charge >= 0.3 is 5.97 Å². The predicted molar refractivity (Wildman–Crippen MR) is 129 cm³/mol. The monoisotopic (exact) mass is 478 g/mol. The predicted octanol–water partition coefficient (Wildman–Crippen LogP) is 4.53. The minimum absolute atomic E-state index is 0.0697. The van der Waals surface area contributed by atoms with Gasteiger partial charge in [-0.05, 0) is 49.4 Å². The topological polar surface area (TPSA) is 114 Å². The first kappa shape index (κ1) is 23.2. The summed E-state index contributed by atoms with van der Waals surface area (Å²) < 4.78 is 11.0. The highest BCUT2D eigenvalue weighted by Crippen LogP contribution is 2.33. The van der Waals surface area contributed by atoms with E-state index in [0.29, 0.717) is 36.1 Å². The fourth-order valence-corrected chi connectivity index (χ4v) is 4.26. The summed E-state index contributed by atoms with van der Waals surface area (Å²) in [6, 6.07) is 18.3. The zero-order valence-electron chi connectivity index (χ0n) is 18.2. The lowest BCUT2D eigenvalue weighted by atomic mass is 10.1. The molecule has 1 aliphatic rings. The molecule has 0 saturated heterocycles. The summed E-state index contributed by atoms with van der Waals surface area (Å²) >= 11 is 1.33. The van der Waals surface area contributed by atoms with Crippen LogP contribution in [0.2, 0.25) is 0 Å². The lowest BCUT2D eigenvalue weighted by Crippen LogP contribution is -2.22. The second-order valence-electron chi connectivity index (χ2n) is 7.44. The molecule has 0 bridgehead atoms. The molecule has 0 aromatic heterocycles. The second kappa shape index (κ2) is 10.3. The molecule has 1 atom stereocenters. The van der Waals surface area contributed by atoms with E-state index >= 15 is 0 Å². The molecule has 8 nitrogen and oxygen atoms in total. The number of carboxylic acids is 1. The minimum Gasteiger partial charge on any atom is -0.486 e. The maximum atomic E-state index is 12.7. The van der Waals surface area contributed by atoms with Crippen molar-refractivity contribution in [1.82, 2.24) is 0 Å². The molecule has 9 heteroatoms. The lowest BCUT2D eigenvalue weighted by Gasteiger charge is -2.19. The number of benzene rings is 3. The van der Waals surface area contributed by atoms with Crippen LogP contribution in [0.3, 0.4) is 0 Å². The Morgan fingerprint density at radius 1 is 0.853 bits per heavy atom. The number of ether oxygens (including phenoxy) is 2. The highest BCUT2D eigenvalue weighted by molar-refractivity contribution is 8.00. The summed E-state index contributed by atoms with van der Waals surface area (Å²) in [5.74, 6) is -0.641. The Bertz CT molecular complexity index is 1250. The zero-order chi connectivity index (χ0) is 24.1. The number of anilines is 2. The molecule has 1 heterocycles. The van der Waals surface area contributed by atoms with Gasteiger partial charge < -0.3 is 25.2 Å². The van der Waals surface area contributed by atoms with Crippen LogP contribution >= 0.6 is 11.8 Å². The molecule has 2 amide bonds. The highest BCUT2D eigenvalue weighted by atomic mass is 32.2. The Hall–Kier alpha value is -3.98. The molecule has 3 N–H and O–H groups in total. The van der Waals surface area contributed by atoms with E-state index in [1.165, 1.54) is 23.9 Å². The summed E-state index contributed by atoms with van der Waals surface area (Å²) in [7, 11) is 0. The van der Waals surface area contributed by atoms with Crippen molar-refractivity contribution < 1.29 is 29.0 Å². The van der Waals surface area contributed by atoms with Crippen LogP contribution in [-0.2, 0) is 4.79 Å². The third kappa shape index (κ3) is 5.49. The average Bonchev–Trinajstić information content (AvgIpc) is 2.84. The van der Waals surface area contributed by atoms with E-state index < -0.39 is 17.1 Å². The number of fused-ring (bicyclic) bond motifs is 1. The molecule has 0 saturated carbocycles. The lowest BCUT2D eigenvalue weighted by molar-refractivity contribution is -0.115. The van der Waals surface area contributed by atoms with Gasteiger partial charge in [-0.3, -0.25) is 9.59 Å². The number of thioether (sulfide) groups is 1. The van der Waals surface area contributed by atoms with Crippen LogP contribution in [0.15, 0.2) is 71.6 Å². The first-order chi connectivity index (χ1) is 16.4. The van der Waals surface area contributed by atoms with Crippen LogP contribution in [0.5, 0.6) is 11.5 Å². The standard InChI is InChI=1S/C25H22N2O6S/c1-15(23(28)26-17-9-10-21-22(14-17)33-12-11-32-21)34-18-6-4-5-16(13-18)27-24(29)19-7-2-3-8-20(19)25(30)31/h2-10,13-15H,11-12H2,1H3,(H,26,28)(H,27,29)(H,30,31). The van der Waals surface area contributed by atoms with Gasteiger partial charge in [0.15, 0.2) is 11.5 Å². The van der Waals surface area contributed by atoms with Gasteiger partial charge in [0.25, 0.3) is 5.91 Å². The maximum Gasteiger partial charge on any atom is 0.336 e. The van der Waals surface area contributed by atoms with Crippen molar-refractivity contribution in [3.63, 3.8) is 0 Å². The van der Waals surface area contributed by atoms with Gasteiger partial charge in [0, 0.05) is 22.3 Å². The Kier molecular flexibility index (Phi) is 7.03. The van der Waals surface area contributed by atoms with Gasteiger partial charge in [0.2, 0.25) is 5.91 Å². The summed E-state index contributed by atoms with van der Waals surface area (Å²) in [5.41, 5.74) is 1.10. The van der Waals surface area contributed by atoms with Crippen molar-refractivity contribution in [2.24, 2.45) is 0 Å². The Morgan fingerprint density at radius 2 is 1.56 bits per heavy atom. The van der Waals surface area contributed by atoms with Gasteiger partial charge in [-0.1, -0.05) is 18.2 Å². The minimum atomic E-state index is -1.17. The summed E-state index contributed by atoms with van der Waals surface area (Å²) in [6.07, 6.45) is 0. The largest absolute Gasteiger partial charge is 0.486 e. The highest BCUT2D eigenvalue weighted by Gasteiger charge is 2.19. The van der Waals surface area contributed by atoms with E-state index in [4.69, 9.17) is 9.47 Å². The van der Waals surface area contributed by atoms with Gasteiger partial charge in [0.1, 0.15) is 13.2 Å². The van der Waals surface area contributed by atoms with E-state index in [9.17, 15) is 19.5 Å². The Labute approximate surface area is 200 Å². The smallest absolute Gasteiger partial charge is 0.336 e. The normalized spacial score (nSPS) is 13.0. The number of hydrogen-bond acceptors (Lipinski definition) is 6. The molecular weight excluding hydrogens is 456 g/mol. The fourth-order valence-electron chi connectivity index (χ4n) is 3.34. The SMILES string of the molecule is CC(Sc1cccc(NC(=O)c2ccccc2C(=O)O)c1)C(=O)Nc1ccc2c(c1)OCCO2. The van der Waals surface area contributed by atoms with Crippen molar-refractivity contribution in [2.75, 3.05) is 23.8 Å². The van der Waals surface area contributed by atoms with Crippen molar-refractivity contribution in [1.29, 1.82) is 0 Å². The van der Waals surface area contributed by atoms with E-state index in [1.807, 2.05) is 6.07 Å². The molecule has 34 heavy (non-hydrogen) atoms. The molecular formula is C25H22N2O6S. The second-order valence-corrected chi connectivity index (χ2v) is 8.85. The third-order valence-electron chi connectivity index (χ3n) is 4.99. The van der Waals surface area contributed by atoms with Crippen molar-refractivity contribution in [2.45, 2.75) is 17.1 Å². The third-order valence-corrected chi connectivity index (χ3v) is 6.08.